The number of halogens is 1. The van der Waals surface area contributed by atoms with Crippen LogP contribution in [0.1, 0.15) is 6.92 Å². The number of benzene rings is 1. The number of hydrogen-bond donors (Lipinski definition) is 3. The lowest BCUT2D eigenvalue weighted by Gasteiger charge is -2.13. The van der Waals surface area contributed by atoms with Crippen LogP contribution in [0.25, 0.3) is 0 Å². The molecule has 1 aromatic rings. The quantitative estimate of drug-likeness (QED) is 0.339. The Labute approximate surface area is 96.4 Å². The second-order valence-electron chi connectivity index (χ2n) is 2.88. The third-order valence-corrected chi connectivity index (χ3v) is 2.48. The molecule has 5 heteroatoms. The number of carbonyl (C=O) groups excluding carboxylic acids is 1. The summed E-state index contributed by atoms with van der Waals surface area (Å²) in [5.74, 6) is 4.78. The molecule has 0 saturated heterocycles. The van der Waals surface area contributed by atoms with Crippen LogP contribution in [0.5, 0.6) is 0 Å². The fraction of sp³-hybridized carbons (Fsp3) is 0.222. The largest absolute Gasteiger partial charge is 0.374 e. The molecule has 4 nitrogen and oxygen atoms in total. The van der Waals surface area contributed by atoms with E-state index in [2.05, 4.69) is 33.3 Å². The molecule has 0 aliphatic carbocycles. The SMILES string of the molecule is C[C@@H](Nc1ccc(I)cc1)C(=O)NN. The van der Waals surface area contributed by atoms with E-state index in [0.717, 1.165) is 9.26 Å². The Bertz CT molecular complexity index is 312. The van der Waals surface area contributed by atoms with Crippen LogP contribution in [0.3, 0.4) is 0 Å². The molecule has 0 unspecified atom stereocenters. The van der Waals surface area contributed by atoms with E-state index in [4.69, 9.17) is 5.84 Å². The molecule has 0 heterocycles. The summed E-state index contributed by atoms with van der Waals surface area (Å²) in [6.45, 7) is 1.75. The van der Waals surface area contributed by atoms with Crippen LogP contribution in [0.15, 0.2) is 24.3 Å². The van der Waals surface area contributed by atoms with Crippen LogP contribution in [0, 0.1) is 3.57 Å². The number of nitrogens with one attached hydrogen (secondary N) is 2. The fourth-order valence-electron chi connectivity index (χ4n) is 0.987. The van der Waals surface area contributed by atoms with Gasteiger partial charge >= 0.3 is 0 Å². The van der Waals surface area contributed by atoms with Gasteiger partial charge in [0.15, 0.2) is 0 Å². The summed E-state index contributed by atoms with van der Waals surface area (Å²) < 4.78 is 1.16. The number of hydrogen-bond acceptors (Lipinski definition) is 3. The van der Waals surface area contributed by atoms with Crippen LogP contribution >= 0.6 is 22.6 Å². The summed E-state index contributed by atoms with van der Waals surface area (Å²) in [5.41, 5.74) is 3.00. The zero-order valence-electron chi connectivity index (χ0n) is 7.75. The molecule has 1 rings (SSSR count). The normalized spacial score (nSPS) is 11.9. The zero-order chi connectivity index (χ0) is 10.6. The van der Waals surface area contributed by atoms with Gasteiger partial charge in [-0.25, -0.2) is 5.84 Å². The second-order valence-corrected chi connectivity index (χ2v) is 4.13. The van der Waals surface area contributed by atoms with E-state index < -0.39 is 0 Å². The molecule has 0 aromatic heterocycles. The van der Waals surface area contributed by atoms with Crippen molar-refractivity contribution in [1.82, 2.24) is 5.43 Å². The molecule has 0 saturated carbocycles. The summed E-state index contributed by atoms with van der Waals surface area (Å²) in [6.07, 6.45) is 0. The minimum Gasteiger partial charge on any atom is -0.374 e. The fourth-order valence-corrected chi connectivity index (χ4v) is 1.35. The maximum Gasteiger partial charge on any atom is 0.256 e. The summed E-state index contributed by atoms with van der Waals surface area (Å²) in [4.78, 5) is 11.1. The molecule has 1 aromatic carbocycles. The molecule has 0 spiro atoms. The minimum absolute atomic E-state index is 0.233. The summed E-state index contributed by atoms with van der Waals surface area (Å²) in [5, 5.41) is 3.02. The average molecular weight is 305 g/mol. The van der Waals surface area contributed by atoms with Crippen LogP contribution in [-0.4, -0.2) is 11.9 Å². The van der Waals surface area contributed by atoms with E-state index >= 15 is 0 Å². The van der Waals surface area contributed by atoms with Gasteiger partial charge in [-0.2, -0.15) is 0 Å². The first kappa shape index (κ1) is 11.3. The van der Waals surface area contributed by atoms with E-state index in [9.17, 15) is 4.79 Å². The van der Waals surface area contributed by atoms with Gasteiger partial charge in [0.2, 0.25) is 0 Å². The van der Waals surface area contributed by atoms with Crippen LogP contribution in [0.2, 0.25) is 0 Å². The van der Waals surface area contributed by atoms with Gasteiger partial charge in [-0.05, 0) is 53.8 Å². The molecule has 76 valence electrons. The number of nitrogens with two attached hydrogens (primary N) is 1. The van der Waals surface area contributed by atoms with Crippen molar-refractivity contribution in [1.29, 1.82) is 0 Å². The lowest BCUT2D eigenvalue weighted by Crippen LogP contribution is -2.41. The molecule has 0 fully saturated rings. The lowest BCUT2D eigenvalue weighted by molar-refractivity contribution is -0.121. The second kappa shape index (κ2) is 5.16. The molecule has 1 amide bonds. The first-order chi connectivity index (χ1) is 6.63. The lowest BCUT2D eigenvalue weighted by atomic mass is 10.2. The standard InChI is InChI=1S/C9H12IN3O/c1-6(9(14)13-11)12-8-4-2-7(10)3-5-8/h2-6,12H,11H2,1H3,(H,13,14)/t6-/m1/s1. The maximum absolute atomic E-state index is 11.1. The van der Waals surface area contributed by atoms with Gasteiger partial charge in [0.1, 0.15) is 6.04 Å². The van der Waals surface area contributed by atoms with Crippen molar-refractivity contribution in [2.45, 2.75) is 13.0 Å². The smallest absolute Gasteiger partial charge is 0.256 e. The van der Waals surface area contributed by atoms with Gasteiger partial charge in [-0.3, -0.25) is 10.2 Å². The first-order valence-electron chi connectivity index (χ1n) is 4.16. The van der Waals surface area contributed by atoms with Gasteiger partial charge in [-0.1, -0.05) is 0 Å². The Morgan fingerprint density at radius 1 is 1.43 bits per heavy atom. The molecule has 0 bridgehead atoms. The van der Waals surface area contributed by atoms with Crippen molar-refractivity contribution in [2.75, 3.05) is 5.32 Å². The van der Waals surface area contributed by atoms with Crippen molar-refractivity contribution >= 4 is 34.2 Å². The highest BCUT2D eigenvalue weighted by Gasteiger charge is 2.09. The molecule has 1 atom stereocenters. The Kier molecular flexibility index (Phi) is 4.15. The molecular weight excluding hydrogens is 293 g/mol. The topological polar surface area (TPSA) is 67.2 Å². The molecule has 4 N–H and O–H groups in total. The van der Waals surface area contributed by atoms with Crippen molar-refractivity contribution in [2.24, 2.45) is 5.84 Å². The zero-order valence-corrected chi connectivity index (χ0v) is 9.91. The average Bonchev–Trinajstić information content (AvgIpc) is 2.20. The van der Waals surface area contributed by atoms with E-state index in [-0.39, 0.29) is 11.9 Å². The van der Waals surface area contributed by atoms with Crippen molar-refractivity contribution < 1.29 is 4.79 Å². The Balaban J connectivity index is 2.60. The summed E-state index contributed by atoms with van der Waals surface area (Å²) >= 11 is 2.22. The van der Waals surface area contributed by atoms with E-state index in [1.165, 1.54) is 0 Å². The molecular formula is C9H12IN3O. The Morgan fingerprint density at radius 3 is 2.50 bits per heavy atom. The molecule has 0 radical (unpaired) electrons. The highest BCUT2D eigenvalue weighted by atomic mass is 127. The van der Waals surface area contributed by atoms with Gasteiger partial charge < -0.3 is 5.32 Å². The van der Waals surface area contributed by atoms with Gasteiger partial charge in [-0.15, -0.1) is 0 Å². The molecule has 0 aliphatic rings. The van der Waals surface area contributed by atoms with Crippen molar-refractivity contribution in [3.63, 3.8) is 0 Å². The summed E-state index contributed by atoms with van der Waals surface area (Å²) in [7, 11) is 0. The van der Waals surface area contributed by atoms with E-state index in [0.29, 0.717) is 0 Å². The van der Waals surface area contributed by atoms with E-state index in [1.807, 2.05) is 24.3 Å². The Morgan fingerprint density at radius 2 is 2.00 bits per heavy atom. The third kappa shape index (κ3) is 3.15. The minimum atomic E-state index is -0.333. The van der Waals surface area contributed by atoms with Crippen LogP contribution < -0.4 is 16.6 Å². The van der Waals surface area contributed by atoms with Crippen molar-refractivity contribution in [3.8, 4) is 0 Å². The maximum atomic E-state index is 11.1. The van der Waals surface area contributed by atoms with Crippen LogP contribution in [0.4, 0.5) is 5.69 Å². The van der Waals surface area contributed by atoms with Gasteiger partial charge in [0.05, 0.1) is 0 Å². The van der Waals surface area contributed by atoms with E-state index in [1.54, 1.807) is 6.92 Å². The molecule has 14 heavy (non-hydrogen) atoms. The number of hydrazine groups is 1. The van der Waals surface area contributed by atoms with Crippen LogP contribution in [-0.2, 0) is 4.79 Å². The number of anilines is 1. The third-order valence-electron chi connectivity index (χ3n) is 1.76. The monoisotopic (exact) mass is 305 g/mol. The first-order valence-corrected chi connectivity index (χ1v) is 5.24. The van der Waals surface area contributed by atoms with Gasteiger partial charge in [0, 0.05) is 9.26 Å². The predicted octanol–water partition coefficient (Wildman–Crippen LogP) is 1.08. The predicted molar refractivity (Wildman–Crippen MR) is 64.6 cm³/mol. The highest BCUT2D eigenvalue weighted by Crippen LogP contribution is 2.11. The summed E-state index contributed by atoms with van der Waals surface area (Å²) in [6, 6.07) is 7.44. The molecule has 0 aliphatic heterocycles. The van der Waals surface area contributed by atoms with Crippen molar-refractivity contribution in [3.05, 3.63) is 27.8 Å². The van der Waals surface area contributed by atoms with Gasteiger partial charge in [0.25, 0.3) is 5.91 Å². The number of rotatable bonds is 3. The number of amides is 1. The Hall–Kier alpha value is -0.820. The highest BCUT2D eigenvalue weighted by molar-refractivity contribution is 14.1. The number of carbonyl (C=O) groups is 1.